The van der Waals surface area contributed by atoms with E-state index in [9.17, 15) is 0 Å². The maximum atomic E-state index is 3.02. The first-order chi connectivity index (χ1) is 11.0. The molecule has 1 aliphatic rings. The van der Waals surface area contributed by atoms with E-state index < -0.39 is 57.8 Å². The van der Waals surface area contributed by atoms with Crippen LogP contribution in [-0.4, -0.2) is 57.8 Å². The van der Waals surface area contributed by atoms with E-state index in [1.807, 2.05) is 0 Å². The first kappa shape index (κ1) is 25.8. The summed E-state index contributed by atoms with van der Waals surface area (Å²) in [5.41, 5.74) is 0. The van der Waals surface area contributed by atoms with Crippen molar-refractivity contribution >= 4 is 57.8 Å². The standard InChI is InChI=1S/C18H52Si8/c1-19(2,3)25(20(4,5)6)17-18-26(21(7,8)9,22(10,11)12)24(15,16)23(25,13)14/h17-18H2,1-16H3. The Bertz CT molecular complexity index is 459. The van der Waals surface area contributed by atoms with Crippen LogP contribution in [0.25, 0.3) is 0 Å². The van der Waals surface area contributed by atoms with Gasteiger partial charge in [0, 0.05) is 57.8 Å². The van der Waals surface area contributed by atoms with Crippen molar-refractivity contribution < 1.29 is 0 Å². The summed E-state index contributed by atoms with van der Waals surface area (Å²) < 4.78 is 0. The van der Waals surface area contributed by atoms with E-state index in [0.717, 1.165) is 0 Å². The molecule has 1 aliphatic heterocycles. The molecule has 156 valence electrons. The van der Waals surface area contributed by atoms with Gasteiger partial charge in [0.25, 0.3) is 0 Å². The van der Waals surface area contributed by atoms with Crippen LogP contribution in [0.2, 0.25) is 117 Å². The van der Waals surface area contributed by atoms with E-state index in [2.05, 4.69) is 105 Å². The Morgan fingerprint density at radius 3 is 0.654 bits per heavy atom. The molecule has 0 aromatic heterocycles. The summed E-state index contributed by atoms with van der Waals surface area (Å²) in [6.07, 6.45) is 0. The lowest BCUT2D eigenvalue weighted by Gasteiger charge is -2.74. The van der Waals surface area contributed by atoms with Crippen LogP contribution < -0.4 is 0 Å². The van der Waals surface area contributed by atoms with Crippen molar-refractivity contribution in [3.05, 3.63) is 0 Å². The molecule has 0 spiro atoms. The zero-order valence-corrected chi connectivity index (χ0v) is 29.4. The van der Waals surface area contributed by atoms with Crippen LogP contribution in [0.4, 0.5) is 0 Å². The molecule has 0 N–H and O–H groups in total. The van der Waals surface area contributed by atoms with Crippen LogP contribution in [0, 0.1) is 0 Å². The average molecular weight is 493 g/mol. The lowest BCUT2D eigenvalue weighted by atomic mass is 11.0. The van der Waals surface area contributed by atoms with E-state index in [1.165, 1.54) is 0 Å². The third kappa shape index (κ3) is 3.06. The van der Waals surface area contributed by atoms with E-state index in [4.69, 9.17) is 0 Å². The fourth-order valence-corrected chi connectivity index (χ4v) is 322. The van der Waals surface area contributed by atoms with Crippen molar-refractivity contribution in [2.45, 2.75) is 117 Å². The molecule has 0 amide bonds. The van der Waals surface area contributed by atoms with Gasteiger partial charge < -0.3 is 0 Å². The van der Waals surface area contributed by atoms with Gasteiger partial charge >= 0.3 is 0 Å². The molecule has 0 bridgehead atoms. The van der Waals surface area contributed by atoms with Gasteiger partial charge in [-0.3, -0.25) is 0 Å². The molecule has 26 heavy (non-hydrogen) atoms. The molecule has 0 saturated carbocycles. The van der Waals surface area contributed by atoms with E-state index in [-0.39, 0.29) is 0 Å². The molecule has 8 heteroatoms. The second-order valence-corrected chi connectivity index (χ2v) is 104. The molecular formula is C18H52Si8. The van der Waals surface area contributed by atoms with Crippen LogP contribution in [0.15, 0.2) is 0 Å². The van der Waals surface area contributed by atoms with Crippen molar-refractivity contribution in [1.82, 2.24) is 0 Å². The van der Waals surface area contributed by atoms with Crippen molar-refractivity contribution in [2.75, 3.05) is 0 Å². The van der Waals surface area contributed by atoms with Gasteiger partial charge in [0.15, 0.2) is 0 Å². The van der Waals surface area contributed by atoms with Gasteiger partial charge in [-0.05, 0) is 0 Å². The molecule has 0 nitrogen and oxygen atoms in total. The van der Waals surface area contributed by atoms with Gasteiger partial charge in [0.05, 0.1) is 0 Å². The van der Waals surface area contributed by atoms with Crippen LogP contribution in [0.5, 0.6) is 0 Å². The van der Waals surface area contributed by atoms with Crippen molar-refractivity contribution in [1.29, 1.82) is 0 Å². The number of hydrogen-bond acceptors (Lipinski definition) is 0. The van der Waals surface area contributed by atoms with Gasteiger partial charge in [-0.15, -0.1) is 0 Å². The summed E-state index contributed by atoms with van der Waals surface area (Å²) >= 11 is 0. The Morgan fingerprint density at radius 1 is 0.385 bits per heavy atom. The predicted molar refractivity (Wildman–Crippen MR) is 149 cm³/mol. The van der Waals surface area contributed by atoms with Crippen molar-refractivity contribution in [2.24, 2.45) is 0 Å². The number of rotatable bonds is 4. The molecule has 0 atom stereocenters. The normalized spacial score (nSPS) is 25.8. The Morgan fingerprint density at radius 2 is 0.538 bits per heavy atom. The SMILES string of the molecule is C[Si](C)(C)[Si]1([Si](C)(C)C)CC[Si]([Si](C)(C)C)([Si](C)(C)C)[Si](C)(C)[Si]1(C)C. The lowest BCUT2D eigenvalue weighted by molar-refractivity contribution is 1.35. The van der Waals surface area contributed by atoms with Gasteiger partial charge in [-0.1, -0.05) is 117 Å². The molecule has 0 unspecified atom stereocenters. The van der Waals surface area contributed by atoms with Crippen LogP contribution in [0.3, 0.4) is 0 Å². The van der Waals surface area contributed by atoms with Crippen LogP contribution >= 0.6 is 0 Å². The van der Waals surface area contributed by atoms with Gasteiger partial charge in [-0.2, -0.15) is 0 Å². The summed E-state index contributed by atoms with van der Waals surface area (Å²) in [7, 11) is -6.77. The summed E-state index contributed by atoms with van der Waals surface area (Å²) in [4.78, 5) is 0. The third-order valence-corrected chi connectivity index (χ3v) is 194. The minimum atomic E-state index is -1.19. The molecule has 1 fully saturated rings. The lowest BCUT2D eigenvalue weighted by Crippen LogP contribution is -3.00. The highest BCUT2D eigenvalue weighted by atomic mass is 30.2. The second kappa shape index (κ2) is 6.62. The molecule has 0 aromatic carbocycles. The van der Waals surface area contributed by atoms with Crippen molar-refractivity contribution in [3.8, 4) is 0 Å². The molecule has 0 radical (unpaired) electrons. The Balaban J connectivity index is 3.98. The van der Waals surface area contributed by atoms with Crippen LogP contribution in [-0.2, 0) is 0 Å². The minimum Gasteiger partial charge on any atom is -0.0737 e. The second-order valence-electron chi connectivity index (χ2n) is 14.6. The molecule has 1 rings (SSSR count). The fraction of sp³-hybridized carbons (Fsp3) is 1.00. The van der Waals surface area contributed by atoms with Crippen LogP contribution in [0.1, 0.15) is 0 Å². The molecule has 0 aliphatic carbocycles. The number of hydrogen-bond donors (Lipinski definition) is 0. The summed E-state index contributed by atoms with van der Waals surface area (Å²) in [5, 5.41) is 0. The third-order valence-electron chi connectivity index (χ3n) is 9.69. The first-order valence-electron chi connectivity index (χ1n) is 11.0. The largest absolute Gasteiger partial charge is 0.0737 e. The predicted octanol–water partition coefficient (Wildman–Crippen LogP) is 7.22. The summed E-state index contributed by atoms with van der Waals surface area (Å²) in [6.45, 7) is 43.7. The highest BCUT2D eigenvalue weighted by molar-refractivity contribution is 8.12. The van der Waals surface area contributed by atoms with Gasteiger partial charge in [0.2, 0.25) is 0 Å². The fourth-order valence-electron chi connectivity index (χ4n) is 9.57. The molecular weight excluding hydrogens is 441 g/mol. The first-order valence-corrected chi connectivity index (χ1v) is 42.4. The van der Waals surface area contributed by atoms with Gasteiger partial charge in [-0.25, -0.2) is 0 Å². The highest BCUT2D eigenvalue weighted by Crippen LogP contribution is 2.56. The Hall–Kier alpha value is 1.74. The average Bonchev–Trinajstić information content (AvgIpc) is 2.24. The minimum absolute atomic E-state index is 1.10. The summed E-state index contributed by atoms with van der Waals surface area (Å²) in [6, 6.07) is 3.60. The maximum Gasteiger partial charge on any atom is 0.0346 e. The maximum absolute atomic E-state index is 3.02. The molecule has 0 aromatic rings. The topological polar surface area (TPSA) is 0 Å². The molecule has 1 saturated heterocycles. The van der Waals surface area contributed by atoms with E-state index >= 15 is 0 Å². The Labute approximate surface area is 174 Å². The van der Waals surface area contributed by atoms with E-state index in [0.29, 0.717) is 0 Å². The van der Waals surface area contributed by atoms with Gasteiger partial charge in [0.1, 0.15) is 0 Å². The zero-order valence-electron chi connectivity index (χ0n) is 21.4. The molecule has 1 heterocycles. The Kier molecular flexibility index (Phi) is 6.56. The quantitative estimate of drug-likeness (QED) is 0.363. The summed E-state index contributed by atoms with van der Waals surface area (Å²) in [5.74, 6) is 0. The van der Waals surface area contributed by atoms with Crippen molar-refractivity contribution in [3.63, 3.8) is 0 Å². The van der Waals surface area contributed by atoms with E-state index in [1.54, 1.807) is 12.1 Å². The highest BCUT2D eigenvalue weighted by Gasteiger charge is 2.77. The smallest absolute Gasteiger partial charge is 0.0346 e. The zero-order chi connectivity index (χ0) is 21.4. The monoisotopic (exact) mass is 492 g/mol.